The fraction of sp³-hybridized carbons (Fsp3) is 0.739. The van der Waals surface area contributed by atoms with E-state index in [2.05, 4.69) is 65.2 Å². The molecule has 2 aliphatic rings. The fourth-order valence-corrected chi connectivity index (χ4v) is 4.22. The minimum absolute atomic E-state index is 0.249. The van der Waals surface area contributed by atoms with Gasteiger partial charge < -0.3 is 25.2 Å². The summed E-state index contributed by atoms with van der Waals surface area (Å²) in [5, 5.41) is 7.06. The Labute approximate surface area is 182 Å². The van der Waals surface area contributed by atoms with Gasteiger partial charge in [0.2, 0.25) is 0 Å². The average molecular weight is 417 g/mol. The smallest absolute Gasteiger partial charge is 0.191 e. The molecule has 0 aromatic carbocycles. The van der Waals surface area contributed by atoms with Gasteiger partial charge in [-0.3, -0.25) is 0 Å². The van der Waals surface area contributed by atoms with Crippen LogP contribution in [0, 0.1) is 5.92 Å². The Morgan fingerprint density at radius 1 is 1.30 bits per heavy atom. The summed E-state index contributed by atoms with van der Waals surface area (Å²) in [5.41, 5.74) is 1.18. The number of morpholine rings is 1. The van der Waals surface area contributed by atoms with Gasteiger partial charge in [-0.05, 0) is 50.3 Å². The molecule has 0 aliphatic carbocycles. The van der Waals surface area contributed by atoms with Crippen molar-refractivity contribution in [1.29, 1.82) is 0 Å². The topological polar surface area (TPSA) is 65.0 Å². The molecule has 0 amide bonds. The van der Waals surface area contributed by atoms with Gasteiger partial charge in [0.1, 0.15) is 5.82 Å². The molecule has 30 heavy (non-hydrogen) atoms. The van der Waals surface area contributed by atoms with E-state index in [1.165, 1.54) is 38.0 Å². The molecule has 1 unspecified atom stereocenters. The van der Waals surface area contributed by atoms with Crippen molar-refractivity contribution in [2.75, 3.05) is 50.8 Å². The summed E-state index contributed by atoms with van der Waals surface area (Å²) in [6.07, 6.45) is 4.49. The lowest BCUT2D eigenvalue weighted by atomic mass is 10.0. The van der Waals surface area contributed by atoms with Gasteiger partial charge in [0, 0.05) is 51.5 Å². The number of ether oxygens (including phenoxy) is 1. The number of aliphatic imine (C=N–C) groups is 1. The highest BCUT2D eigenvalue weighted by Crippen LogP contribution is 2.17. The molecule has 0 saturated carbocycles. The van der Waals surface area contributed by atoms with E-state index in [4.69, 9.17) is 9.73 Å². The first-order valence-corrected chi connectivity index (χ1v) is 11.6. The molecule has 7 heteroatoms. The van der Waals surface area contributed by atoms with E-state index in [0.29, 0.717) is 12.6 Å². The largest absolute Gasteiger partial charge is 0.375 e. The molecule has 3 heterocycles. The molecule has 1 aromatic rings. The van der Waals surface area contributed by atoms with Crippen molar-refractivity contribution >= 4 is 11.8 Å². The van der Waals surface area contributed by atoms with E-state index < -0.39 is 0 Å². The molecular formula is C23H40N6O. The molecular weight excluding hydrogens is 376 g/mol. The monoisotopic (exact) mass is 416 g/mol. The van der Waals surface area contributed by atoms with Gasteiger partial charge in [0.25, 0.3) is 0 Å². The number of piperidine rings is 1. The van der Waals surface area contributed by atoms with Crippen LogP contribution in [0.5, 0.6) is 0 Å². The highest BCUT2D eigenvalue weighted by atomic mass is 16.5. The van der Waals surface area contributed by atoms with Gasteiger partial charge in [-0.25, -0.2) is 9.98 Å². The first-order chi connectivity index (χ1) is 14.5. The third-order valence-corrected chi connectivity index (χ3v) is 5.69. The SMILES string of the molecule is CCNC(=NCc1ccnc(N2CCOC(C)C2)c1)NC1CCN(CC(C)C)CC1. The van der Waals surface area contributed by atoms with Crippen molar-refractivity contribution in [3.8, 4) is 0 Å². The zero-order chi connectivity index (χ0) is 21.3. The number of pyridine rings is 1. The van der Waals surface area contributed by atoms with Crippen molar-refractivity contribution in [3.63, 3.8) is 0 Å². The van der Waals surface area contributed by atoms with Crippen LogP contribution < -0.4 is 15.5 Å². The second-order valence-corrected chi connectivity index (χ2v) is 8.96. The van der Waals surface area contributed by atoms with E-state index in [0.717, 1.165) is 43.9 Å². The Hall–Kier alpha value is -1.86. The predicted molar refractivity (Wildman–Crippen MR) is 124 cm³/mol. The molecule has 2 N–H and O–H groups in total. The molecule has 0 spiro atoms. The molecule has 1 aromatic heterocycles. The summed E-state index contributed by atoms with van der Waals surface area (Å²) in [6, 6.07) is 4.72. The summed E-state index contributed by atoms with van der Waals surface area (Å²) in [6.45, 7) is 16.4. The Bertz CT molecular complexity index is 671. The van der Waals surface area contributed by atoms with Crippen LogP contribution in [0.3, 0.4) is 0 Å². The maximum Gasteiger partial charge on any atom is 0.191 e. The van der Waals surface area contributed by atoms with Crippen LogP contribution in [-0.2, 0) is 11.3 Å². The van der Waals surface area contributed by atoms with Gasteiger partial charge >= 0.3 is 0 Å². The third-order valence-electron chi connectivity index (χ3n) is 5.69. The molecule has 2 saturated heterocycles. The van der Waals surface area contributed by atoms with E-state index >= 15 is 0 Å². The van der Waals surface area contributed by atoms with E-state index in [9.17, 15) is 0 Å². The lowest BCUT2D eigenvalue weighted by Crippen LogP contribution is -2.49. The number of aromatic nitrogens is 1. The molecule has 168 valence electrons. The number of nitrogens with zero attached hydrogens (tertiary/aromatic N) is 4. The summed E-state index contributed by atoms with van der Waals surface area (Å²) in [7, 11) is 0. The highest BCUT2D eigenvalue weighted by Gasteiger charge is 2.21. The van der Waals surface area contributed by atoms with E-state index in [-0.39, 0.29) is 6.10 Å². The number of guanidine groups is 1. The van der Waals surface area contributed by atoms with Gasteiger partial charge in [0.15, 0.2) is 5.96 Å². The highest BCUT2D eigenvalue weighted by molar-refractivity contribution is 5.80. The quantitative estimate of drug-likeness (QED) is 0.526. The number of rotatable bonds is 7. The molecule has 0 radical (unpaired) electrons. The van der Waals surface area contributed by atoms with Crippen molar-refractivity contribution in [1.82, 2.24) is 20.5 Å². The second-order valence-electron chi connectivity index (χ2n) is 8.96. The van der Waals surface area contributed by atoms with Crippen LogP contribution in [0.1, 0.15) is 46.1 Å². The van der Waals surface area contributed by atoms with Crippen LogP contribution in [-0.4, -0.2) is 73.9 Å². The maximum atomic E-state index is 5.65. The van der Waals surface area contributed by atoms with Crippen molar-refractivity contribution in [2.45, 2.75) is 59.2 Å². The number of hydrogen-bond donors (Lipinski definition) is 2. The lowest BCUT2D eigenvalue weighted by Gasteiger charge is -2.34. The molecule has 7 nitrogen and oxygen atoms in total. The van der Waals surface area contributed by atoms with Gasteiger partial charge in [-0.15, -0.1) is 0 Å². The van der Waals surface area contributed by atoms with Crippen LogP contribution in [0.15, 0.2) is 23.3 Å². The minimum atomic E-state index is 0.249. The molecule has 2 fully saturated rings. The van der Waals surface area contributed by atoms with Crippen LogP contribution in [0.2, 0.25) is 0 Å². The Morgan fingerprint density at radius 2 is 2.10 bits per heavy atom. The molecule has 3 rings (SSSR count). The lowest BCUT2D eigenvalue weighted by molar-refractivity contribution is 0.0529. The number of likely N-dealkylation sites (tertiary alicyclic amines) is 1. The van der Waals surface area contributed by atoms with Crippen molar-refractivity contribution < 1.29 is 4.74 Å². The Kier molecular flexibility index (Phi) is 8.75. The van der Waals surface area contributed by atoms with Gasteiger partial charge in [-0.2, -0.15) is 0 Å². The van der Waals surface area contributed by atoms with E-state index in [1.807, 2.05) is 6.20 Å². The van der Waals surface area contributed by atoms with Gasteiger partial charge in [-0.1, -0.05) is 13.8 Å². The number of nitrogens with one attached hydrogen (secondary N) is 2. The van der Waals surface area contributed by atoms with Crippen LogP contribution in [0.4, 0.5) is 5.82 Å². The Balaban J connectivity index is 1.55. The summed E-state index contributed by atoms with van der Waals surface area (Å²) < 4.78 is 5.65. The van der Waals surface area contributed by atoms with Crippen molar-refractivity contribution in [2.24, 2.45) is 10.9 Å². The summed E-state index contributed by atoms with van der Waals surface area (Å²) in [5.74, 6) is 2.67. The zero-order valence-electron chi connectivity index (χ0n) is 19.2. The fourth-order valence-electron chi connectivity index (χ4n) is 4.22. The molecule has 2 aliphatic heterocycles. The van der Waals surface area contributed by atoms with Gasteiger partial charge in [0.05, 0.1) is 19.3 Å². The first kappa shape index (κ1) is 22.8. The predicted octanol–water partition coefficient (Wildman–Crippen LogP) is 2.48. The normalized spacial score (nSPS) is 21.8. The zero-order valence-corrected chi connectivity index (χ0v) is 19.2. The standard InChI is InChI=1S/C23H40N6O/c1-5-24-23(27-21-7-10-28(11-8-21)16-18(2)3)26-15-20-6-9-25-22(14-20)29-12-13-30-19(4)17-29/h6,9,14,18-19,21H,5,7-8,10-13,15-17H2,1-4H3,(H2,24,26,27). The minimum Gasteiger partial charge on any atom is -0.375 e. The second kappa shape index (κ2) is 11.5. The van der Waals surface area contributed by atoms with Crippen LogP contribution >= 0.6 is 0 Å². The number of hydrogen-bond acceptors (Lipinski definition) is 5. The average Bonchev–Trinajstić information content (AvgIpc) is 2.73. The van der Waals surface area contributed by atoms with E-state index in [1.54, 1.807) is 0 Å². The Morgan fingerprint density at radius 3 is 2.80 bits per heavy atom. The maximum absolute atomic E-state index is 5.65. The first-order valence-electron chi connectivity index (χ1n) is 11.6. The van der Waals surface area contributed by atoms with Crippen LogP contribution in [0.25, 0.3) is 0 Å². The molecule has 1 atom stereocenters. The third kappa shape index (κ3) is 7.13. The summed E-state index contributed by atoms with van der Waals surface area (Å²) in [4.78, 5) is 14.3. The number of anilines is 1. The molecule has 0 bridgehead atoms. The van der Waals surface area contributed by atoms with Crippen molar-refractivity contribution in [3.05, 3.63) is 23.9 Å². The summed E-state index contributed by atoms with van der Waals surface area (Å²) >= 11 is 0.